The van der Waals surface area contributed by atoms with E-state index in [-0.39, 0.29) is 11.4 Å². The van der Waals surface area contributed by atoms with E-state index < -0.39 is 10.0 Å². The number of fused-ring (bicyclic) bond motifs is 1. The largest absolute Gasteiger partial charge is 0.308 e. The molecule has 108 valence electrons. The minimum atomic E-state index is -3.59. The number of nitrogens with two attached hydrogens (primary N) is 1. The van der Waals surface area contributed by atoms with E-state index in [1.54, 1.807) is 42.6 Å². The number of nitrogens with zero attached hydrogens (tertiary/aromatic N) is 3. The van der Waals surface area contributed by atoms with Crippen molar-refractivity contribution in [1.82, 2.24) is 9.29 Å². The van der Waals surface area contributed by atoms with Gasteiger partial charge in [0.1, 0.15) is 17.1 Å². The van der Waals surface area contributed by atoms with Crippen LogP contribution < -0.4 is 11.3 Å². The Balaban J connectivity index is 1.94. The minimum absolute atomic E-state index is 0.164. The van der Waals surface area contributed by atoms with Crippen LogP contribution in [0, 0.1) is 0 Å². The van der Waals surface area contributed by atoms with Gasteiger partial charge in [0.05, 0.1) is 12.2 Å². The highest BCUT2D eigenvalue weighted by Gasteiger charge is 2.28. The molecule has 0 amide bonds. The first-order chi connectivity index (χ1) is 10.1. The first kappa shape index (κ1) is 13.5. The Labute approximate surface area is 122 Å². The van der Waals surface area contributed by atoms with Crippen molar-refractivity contribution in [2.45, 2.75) is 11.4 Å². The van der Waals surface area contributed by atoms with Crippen LogP contribution in [0.25, 0.3) is 0 Å². The molecule has 8 heteroatoms. The molecule has 3 rings (SSSR count). The Morgan fingerprint density at radius 3 is 2.86 bits per heavy atom. The van der Waals surface area contributed by atoms with Gasteiger partial charge in [-0.25, -0.2) is 24.2 Å². The molecule has 0 spiro atoms. The average molecular weight is 303 g/mol. The highest BCUT2D eigenvalue weighted by molar-refractivity contribution is 7.89. The summed E-state index contributed by atoms with van der Waals surface area (Å²) in [6, 6.07) is 10.1. The quantitative estimate of drug-likeness (QED) is 0.656. The van der Waals surface area contributed by atoms with E-state index in [2.05, 4.69) is 15.4 Å². The van der Waals surface area contributed by atoms with Crippen LogP contribution in [0.5, 0.6) is 0 Å². The number of para-hydroxylation sites is 1. The summed E-state index contributed by atoms with van der Waals surface area (Å²) >= 11 is 0. The maximum absolute atomic E-state index is 12.5. The van der Waals surface area contributed by atoms with E-state index in [1.165, 1.54) is 10.6 Å². The number of benzene rings is 1. The summed E-state index contributed by atoms with van der Waals surface area (Å²) in [5.74, 6) is 5.77. The predicted octanol–water partition coefficient (Wildman–Crippen LogP) is 1.23. The number of nitrogen functional groups attached to an aromatic ring is 1. The lowest BCUT2D eigenvalue weighted by molar-refractivity contribution is 0.521. The third-order valence-electron chi connectivity index (χ3n) is 3.09. The lowest BCUT2D eigenvalue weighted by Gasteiger charge is -2.24. The van der Waals surface area contributed by atoms with Crippen molar-refractivity contribution in [1.29, 1.82) is 0 Å². The number of aliphatic imine (C=N–C) groups is 1. The van der Waals surface area contributed by atoms with Crippen LogP contribution in [0.2, 0.25) is 0 Å². The van der Waals surface area contributed by atoms with E-state index >= 15 is 0 Å². The molecule has 0 bridgehead atoms. The Morgan fingerprint density at radius 2 is 2.05 bits per heavy atom. The van der Waals surface area contributed by atoms with Crippen molar-refractivity contribution >= 4 is 27.9 Å². The molecule has 2 aromatic rings. The summed E-state index contributed by atoms with van der Waals surface area (Å²) in [5, 5.41) is 0. The van der Waals surface area contributed by atoms with Gasteiger partial charge < -0.3 is 5.43 Å². The van der Waals surface area contributed by atoms with Gasteiger partial charge in [-0.05, 0) is 29.8 Å². The Kier molecular flexibility index (Phi) is 3.32. The average Bonchev–Trinajstić information content (AvgIpc) is 2.51. The van der Waals surface area contributed by atoms with Gasteiger partial charge in [-0.15, -0.1) is 0 Å². The van der Waals surface area contributed by atoms with Gasteiger partial charge in [-0.2, -0.15) is 0 Å². The molecular weight excluding hydrogens is 290 g/mol. The van der Waals surface area contributed by atoms with Crippen LogP contribution in [-0.2, 0) is 16.6 Å². The molecule has 1 aromatic heterocycles. The summed E-state index contributed by atoms with van der Waals surface area (Å²) in [6.45, 7) is 0.164. The number of hydrogen-bond acceptors (Lipinski definition) is 6. The van der Waals surface area contributed by atoms with Crippen LogP contribution in [0.1, 0.15) is 5.56 Å². The molecule has 2 heterocycles. The molecule has 0 radical (unpaired) electrons. The third-order valence-corrected chi connectivity index (χ3v) is 4.83. The number of sulfonamides is 1. The molecule has 0 saturated carbocycles. The molecule has 21 heavy (non-hydrogen) atoms. The lowest BCUT2D eigenvalue weighted by atomic mass is 10.2. The van der Waals surface area contributed by atoms with Crippen molar-refractivity contribution in [2.24, 2.45) is 10.8 Å². The van der Waals surface area contributed by atoms with Crippen LogP contribution in [0.15, 0.2) is 52.5 Å². The zero-order chi connectivity index (χ0) is 14.9. The number of aromatic nitrogens is 1. The number of rotatable bonds is 3. The summed E-state index contributed by atoms with van der Waals surface area (Å²) in [4.78, 5) is 8.37. The fourth-order valence-corrected chi connectivity index (χ4v) is 3.43. The Bertz CT molecular complexity index is 804. The zero-order valence-corrected chi connectivity index (χ0v) is 11.8. The second-order valence-electron chi connectivity index (χ2n) is 4.46. The third kappa shape index (κ3) is 2.46. The van der Waals surface area contributed by atoms with Gasteiger partial charge in [0.25, 0.3) is 10.0 Å². The van der Waals surface area contributed by atoms with Gasteiger partial charge in [-0.1, -0.05) is 12.1 Å². The molecule has 7 nitrogen and oxygen atoms in total. The first-order valence-corrected chi connectivity index (χ1v) is 7.62. The van der Waals surface area contributed by atoms with Crippen molar-refractivity contribution in [3.63, 3.8) is 0 Å². The van der Waals surface area contributed by atoms with Gasteiger partial charge in [0.2, 0.25) is 0 Å². The monoisotopic (exact) mass is 303 g/mol. The minimum Gasteiger partial charge on any atom is -0.308 e. The van der Waals surface area contributed by atoms with Crippen molar-refractivity contribution < 1.29 is 8.42 Å². The molecule has 1 aliphatic rings. The SMILES string of the molecule is NNc1cc(CN2C=Nc3ccccc3S2(=O)=O)ccn1. The molecule has 0 aliphatic carbocycles. The summed E-state index contributed by atoms with van der Waals surface area (Å²) in [5.41, 5.74) is 3.64. The number of anilines is 1. The Hall–Kier alpha value is -2.45. The summed E-state index contributed by atoms with van der Waals surface area (Å²) in [6.07, 6.45) is 2.89. The molecule has 0 fully saturated rings. The van der Waals surface area contributed by atoms with E-state index in [0.29, 0.717) is 11.5 Å². The fraction of sp³-hybridized carbons (Fsp3) is 0.0769. The highest BCUT2D eigenvalue weighted by Crippen LogP contribution is 2.30. The lowest BCUT2D eigenvalue weighted by Crippen LogP contribution is -2.31. The van der Waals surface area contributed by atoms with E-state index in [9.17, 15) is 8.42 Å². The summed E-state index contributed by atoms with van der Waals surface area (Å²) in [7, 11) is -3.59. The molecule has 0 saturated heterocycles. The van der Waals surface area contributed by atoms with E-state index in [4.69, 9.17) is 5.84 Å². The second kappa shape index (κ2) is 5.15. The van der Waals surface area contributed by atoms with Gasteiger partial charge in [0.15, 0.2) is 0 Å². The smallest absolute Gasteiger partial charge is 0.267 e. The van der Waals surface area contributed by atoms with E-state index in [1.807, 2.05) is 0 Å². The predicted molar refractivity (Wildman–Crippen MR) is 79.4 cm³/mol. The number of pyridine rings is 1. The van der Waals surface area contributed by atoms with E-state index in [0.717, 1.165) is 5.56 Å². The first-order valence-electron chi connectivity index (χ1n) is 6.18. The number of hydrazine groups is 1. The summed E-state index contributed by atoms with van der Waals surface area (Å²) < 4.78 is 26.3. The van der Waals surface area contributed by atoms with Gasteiger partial charge in [-0.3, -0.25) is 4.31 Å². The maximum atomic E-state index is 12.5. The molecule has 1 aliphatic heterocycles. The molecule has 0 unspecified atom stereocenters. The standard InChI is InChI=1S/C13H13N5O2S/c14-17-13-7-10(5-6-15-13)8-18-9-16-11-3-1-2-4-12(11)21(18,19)20/h1-7,9H,8,14H2,(H,15,17). The normalized spacial score (nSPS) is 15.6. The van der Waals surface area contributed by atoms with Crippen LogP contribution in [0.3, 0.4) is 0 Å². The Morgan fingerprint density at radius 1 is 1.24 bits per heavy atom. The topological polar surface area (TPSA) is 101 Å². The molecule has 3 N–H and O–H groups in total. The molecule has 0 atom stereocenters. The van der Waals surface area contributed by atoms with Crippen LogP contribution in [0.4, 0.5) is 11.5 Å². The second-order valence-corrected chi connectivity index (χ2v) is 6.32. The van der Waals surface area contributed by atoms with Crippen LogP contribution >= 0.6 is 0 Å². The van der Waals surface area contributed by atoms with Crippen LogP contribution in [-0.4, -0.2) is 24.0 Å². The zero-order valence-electron chi connectivity index (χ0n) is 11.0. The number of nitrogens with one attached hydrogen (secondary N) is 1. The molecular formula is C13H13N5O2S. The number of hydrogen-bond donors (Lipinski definition) is 2. The molecule has 1 aromatic carbocycles. The van der Waals surface area contributed by atoms with Crippen molar-refractivity contribution in [2.75, 3.05) is 5.43 Å². The fourth-order valence-electron chi connectivity index (χ4n) is 2.05. The highest BCUT2D eigenvalue weighted by atomic mass is 32.2. The van der Waals surface area contributed by atoms with Gasteiger partial charge in [0, 0.05) is 6.20 Å². The van der Waals surface area contributed by atoms with Crippen molar-refractivity contribution in [3.05, 3.63) is 48.2 Å². The maximum Gasteiger partial charge on any atom is 0.267 e. The van der Waals surface area contributed by atoms with Crippen molar-refractivity contribution in [3.8, 4) is 0 Å². The van der Waals surface area contributed by atoms with Gasteiger partial charge >= 0.3 is 0 Å².